The van der Waals surface area contributed by atoms with Crippen molar-refractivity contribution >= 4 is 51.6 Å². The number of hydrogen-bond acceptors (Lipinski definition) is 7. The highest BCUT2D eigenvalue weighted by Crippen LogP contribution is 2.38. The predicted molar refractivity (Wildman–Crippen MR) is 125 cm³/mol. The predicted octanol–water partition coefficient (Wildman–Crippen LogP) is 2.86. The fourth-order valence-electron chi connectivity index (χ4n) is 3.19. The largest absolute Gasteiger partial charge is 0.491 e. The lowest BCUT2D eigenvalue weighted by Gasteiger charge is -2.21. The molecule has 0 fully saturated rings. The van der Waals surface area contributed by atoms with E-state index in [0.717, 1.165) is 0 Å². The second kappa shape index (κ2) is 10.6. The molecule has 0 aliphatic rings. The topological polar surface area (TPSA) is 123 Å². The molecule has 9 nitrogen and oxygen atoms in total. The van der Waals surface area contributed by atoms with Gasteiger partial charge in [0, 0.05) is 30.8 Å². The molecule has 3 N–H and O–H groups in total. The first-order valence-electron chi connectivity index (χ1n) is 9.67. The molecule has 12 heteroatoms. The van der Waals surface area contributed by atoms with Crippen LogP contribution < -0.4 is 20.2 Å². The first-order valence-corrected chi connectivity index (χ1v) is 10.8. The zero-order valence-corrected chi connectivity index (χ0v) is 19.8. The zero-order chi connectivity index (χ0) is 24.3. The van der Waals surface area contributed by atoms with E-state index in [1.54, 1.807) is 11.5 Å². The van der Waals surface area contributed by atoms with Crippen LogP contribution in [-0.4, -0.2) is 51.7 Å². The zero-order valence-electron chi connectivity index (χ0n) is 17.6. The van der Waals surface area contributed by atoms with Crippen molar-refractivity contribution in [1.29, 1.82) is 0 Å². The molecule has 1 unspecified atom stereocenters. The Kier molecular flexibility index (Phi) is 8.04. The van der Waals surface area contributed by atoms with Gasteiger partial charge < -0.3 is 29.6 Å². The van der Waals surface area contributed by atoms with Gasteiger partial charge in [0.15, 0.2) is 5.43 Å². The van der Waals surface area contributed by atoms with Gasteiger partial charge in [-0.3, -0.25) is 9.59 Å². The SMILES string of the molecule is CC(=O)NCC(O)Oc1ncc(Cl)c2c1c(=O)cc(C)n2-c1c(Cl)cc(OCCO)cc1Cl. The normalized spacial score (nSPS) is 12.0. The standard InChI is InChI=1S/C21H20Cl3N3O6/c1-10-5-16(30)18-20(15(24)8-26-21(18)33-17(31)9-25-11(2)29)27(10)19-13(22)6-12(7-14(19)23)32-4-3-28/h5-8,17,28,31H,3-4,9H2,1-2H3,(H,25,29). The van der Waals surface area contributed by atoms with Gasteiger partial charge in [0.1, 0.15) is 17.7 Å². The van der Waals surface area contributed by atoms with Gasteiger partial charge in [0.05, 0.1) is 45.6 Å². The van der Waals surface area contributed by atoms with Gasteiger partial charge in [0.25, 0.3) is 0 Å². The van der Waals surface area contributed by atoms with Gasteiger partial charge in [-0.2, -0.15) is 0 Å². The lowest BCUT2D eigenvalue weighted by Crippen LogP contribution is -2.34. The maximum absolute atomic E-state index is 12.9. The smallest absolute Gasteiger partial charge is 0.229 e. The number of pyridine rings is 2. The van der Waals surface area contributed by atoms with Crippen molar-refractivity contribution in [2.45, 2.75) is 20.1 Å². The number of ether oxygens (including phenoxy) is 2. The summed E-state index contributed by atoms with van der Waals surface area (Å²) in [7, 11) is 0. The van der Waals surface area contributed by atoms with Gasteiger partial charge in [-0.15, -0.1) is 0 Å². The van der Waals surface area contributed by atoms with Crippen molar-refractivity contribution in [2.75, 3.05) is 19.8 Å². The van der Waals surface area contributed by atoms with Crippen molar-refractivity contribution in [3.05, 3.63) is 55.4 Å². The van der Waals surface area contributed by atoms with Crippen molar-refractivity contribution in [3.63, 3.8) is 0 Å². The number of carbonyl (C=O) groups is 1. The summed E-state index contributed by atoms with van der Waals surface area (Å²) in [5.74, 6) is -0.190. The average Bonchev–Trinajstić information content (AvgIpc) is 2.74. The Hall–Kier alpha value is -2.56. The molecular formula is C21H20Cl3N3O6. The van der Waals surface area contributed by atoms with Gasteiger partial charge >= 0.3 is 0 Å². The molecule has 0 saturated carbocycles. The van der Waals surface area contributed by atoms with Gasteiger partial charge in [-0.05, 0) is 6.92 Å². The molecule has 0 aliphatic heterocycles. The van der Waals surface area contributed by atoms with Crippen LogP contribution in [0.15, 0.2) is 29.2 Å². The molecule has 2 aromatic heterocycles. The molecule has 1 atom stereocenters. The molecule has 3 aromatic rings. The van der Waals surface area contributed by atoms with Crippen molar-refractivity contribution in [3.8, 4) is 17.3 Å². The summed E-state index contributed by atoms with van der Waals surface area (Å²) in [6.07, 6.45) is -0.199. The Bertz CT molecular complexity index is 1240. The minimum absolute atomic E-state index is 0.0114. The fraction of sp³-hybridized carbons (Fsp3) is 0.286. The van der Waals surface area contributed by atoms with Crippen molar-refractivity contribution in [1.82, 2.24) is 14.9 Å². The Morgan fingerprint density at radius 3 is 2.48 bits per heavy atom. The molecule has 0 bridgehead atoms. The summed E-state index contributed by atoms with van der Waals surface area (Å²) in [4.78, 5) is 28.0. The fourth-order valence-corrected chi connectivity index (χ4v) is 4.05. The number of benzene rings is 1. The van der Waals surface area contributed by atoms with Crippen molar-refractivity contribution < 1.29 is 24.5 Å². The summed E-state index contributed by atoms with van der Waals surface area (Å²) in [6, 6.07) is 4.37. The van der Waals surface area contributed by atoms with Crippen LogP contribution in [0.3, 0.4) is 0 Å². The Morgan fingerprint density at radius 1 is 1.21 bits per heavy atom. The third-order valence-corrected chi connectivity index (χ3v) is 5.33. The molecular weight excluding hydrogens is 497 g/mol. The summed E-state index contributed by atoms with van der Waals surface area (Å²) in [6.45, 7) is 2.63. The minimum atomic E-state index is -1.46. The highest BCUT2D eigenvalue weighted by Gasteiger charge is 2.22. The number of aliphatic hydroxyl groups is 2. The summed E-state index contributed by atoms with van der Waals surface area (Å²) < 4.78 is 12.4. The van der Waals surface area contributed by atoms with E-state index in [4.69, 9.17) is 49.4 Å². The molecule has 0 radical (unpaired) electrons. The number of aryl methyl sites for hydroxylation is 1. The Morgan fingerprint density at radius 2 is 1.88 bits per heavy atom. The number of nitrogens with zero attached hydrogens (tertiary/aromatic N) is 2. The number of amides is 1. The highest BCUT2D eigenvalue weighted by atomic mass is 35.5. The summed E-state index contributed by atoms with van der Waals surface area (Å²) >= 11 is 19.5. The van der Waals surface area contributed by atoms with Crippen LogP contribution >= 0.6 is 34.8 Å². The summed E-state index contributed by atoms with van der Waals surface area (Å²) in [5.41, 5.74) is 0.560. The second-order valence-corrected chi connectivity index (χ2v) is 8.16. The molecule has 2 heterocycles. The maximum Gasteiger partial charge on any atom is 0.229 e. The first kappa shape index (κ1) is 25.1. The van der Waals surface area contributed by atoms with Gasteiger partial charge in [0.2, 0.25) is 18.1 Å². The number of halogens is 3. The maximum atomic E-state index is 12.9. The quantitative estimate of drug-likeness (QED) is 0.393. The van der Waals surface area contributed by atoms with Crippen LogP contribution in [0.25, 0.3) is 16.6 Å². The third-order valence-electron chi connectivity index (χ3n) is 4.48. The number of rotatable bonds is 8. The van der Waals surface area contributed by atoms with Crippen LogP contribution in [0, 0.1) is 6.92 Å². The number of hydrogen-bond donors (Lipinski definition) is 3. The van der Waals surface area contributed by atoms with E-state index >= 15 is 0 Å². The van der Waals surface area contributed by atoms with E-state index in [2.05, 4.69) is 10.3 Å². The minimum Gasteiger partial charge on any atom is -0.491 e. The molecule has 1 aromatic carbocycles. The molecule has 3 rings (SSSR count). The van der Waals surface area contributed by atoms with E-state index in [9.17, 15) is 14.7 Å². The monoisotopic (exact) mass is 515 g/mol. The number of fused-ring (bicyclic) bond motifs is 1. The molecule has 176 valence electrons. The van der Waals surface area contributed by atoms with E-state index in [1.165, 1.54) is 31.3 Å². The Balaban J connectivity index is 2.20. The highest BCUT2D eigenvalue weighted by molar-refractivity contribution is 6.39. The number of aromatic nitrogens is 2. The average molecular weight is 517 g/mol. The molecule has 33 heavy (non-hydrogen) atoms. The second-order valence-electron chi connectivity index (χ2n) is 6.94. The van der Waals surface area contributed by atoms with Crippen LogP contribution in [0.5, 0.6) is 11.6 Å². The van der Waals surface area contributed by atoms with E-state index in [-0.39, 0.29) is 57.5 Å². The molecule has 0 spiro atoms. The molecule has 0 aliphatic carbocycles. The Labute approximate surface area is 203 Å². The lowest BCUT2D eigenvalue weighted by molar-refractivity contribution is -0.120. The van der Waals surface area contributed by atoms with Crippen LogP contribution in [0.1, 0.15) is 12.6 Å². The van der Waals surface area contributed by atoms with Crippen LogP contribution in [0.2, 0.25) is 15.1 Å². The summed E-state index contributed by atoms with van der Waals surface area (Å²) in [5, 5.41) is 22.0. The van der Waals surface area contributed by atoms with E-state index in [0.29, 0.717) is 17.1 Å². The van der Waals surface area contributed by atoms with Crippen LogP contribution in [-0.2, 0) is 4.79 Å². The van der Waals surface area contributed by atoms with Crippen LogP contribution in [0.4, 0.5) is 0 Å². The third kappa shape index (κ3) is 5.51. The lowest BCUT2D eigenvalue weighted by atomic mass is 10.2. The van der Waals surface area contributed by atoms with Gasteiger partial charge in [-0.1, -0.05) is 34.8 Å². The van der Waals surface area contributed by atoms with Crippen molar-refractivity contribution in [2.24, 2.45) is 0 Å². The van der Waals surface area contributed by atoms with E-state index in [1.807, 2.05) is 0 Å². The number of carbonyl (C=O) groups excluding carboxylic acids is 1. The van der Waals surface area contributed by atoms with Gasteiger partial charge in [-0.25, -0.2) is 4.98 Å². The molecule has 0 saturated heterocycles. The molecule has 1 amide bonds. The number of aliphatic hydroxyl groups excluding tert-OH is 2. The van der Waals surface area contributed by atoms with E-state index < -0.39 is 11.7 Å². The first-order chi connectivity index (χ1) is 15.6. The number of nitrogens with one attached hydrogen (secondary N) is 1.